The highest BCUT2D eigenvalue weighted by atomic mass is 32.2. The van der Waals surface area contributed by atoms with E-state index in [4.69, 9.17) is 15.2 Å². The summed E-state index contributed by atoms with van der Waals surface area (Å²) in [6.45, 7) is 2.64. The SMILES string of the molecule is NCCCNC(=O)CCSc1ccc2c(c1)OCCCO2. The number of rotatable bonds is 7. The average molecular weight is 310 g/mol. The van der Waals surface area contributed by atoms with Gasteiger partial charge >= 0.3 is 0 Å². The minimum Gasteiger partial charge on any atom is -0.490 e. The Balaban J connectivity index is 1.76. The molecule has 0 fully saturated rings. The van der Waals surface area contributed by atoms with Gasteiger partial charge in [0.15, 0.2) is 11.5 Å². The van der Waals surface area contributed by atoms with Gasteiger partial charge < -0.3 is 20.5 Å². The first-order valence-electron chi connectivity index (χ1n) is 7.29. The lowest BCUT2D eigenvalue weighted by atomic mass is 10.3. The average Bonchev–Trinajstić information content (AvgIpc) is 2.72. The van der Waals surface area contributed by atoms with Gasteiger partial charge in [-0.1, -0.05) is 0 Å². The van der Waals surface area contributed by atoms with Crippen LogP contribution in [0, 0.1) is 0 Å². The Morgan fingerprint density at radius 1 is 1.29 bits per heavy atom. The Morgan fingerprint density at radius 2 is 2.10 bits per heavy atom. The quantitative estimate of drug-likeness (QED) is 0.593. The van der Waals surface area contributed by atoms with Gasteiger partial charge in [0.1, 0.15) is 0 Å². The zero-order valence-electron chi connectivity index (χ0n) is 12.1. The number of nitrogens with two attached hydrogens (primary N) is 1. The Bertz CT molecular complexity index is 468. The van der Waals surface area contributed by atoms with E-state index in [0.29, 0.717) is 32.7 Å². The van der Waals surface area contributed by atoms with Crippen LogP contribution in [0.4, 0.5) is 0 Å². The maximum absolute atomic E-state index is 11.6. The summed E-state index contributed by atoms with van der Waals surface area (Å²) in [6.07, 6.45) is 2.23. The second-order valence-corrected chi connectivity index (χ2v) is 5.92. The van der Waals surface area contributed by atoms with Crippen LogP contribution in [0.2, 0.25) is 0 Å². The maximum atomic E-state index is 11.6. The van der Waals surface area contributed by atoms with Crippen LogP contribution in [0.3, 0.4) is 0 Å². The molecule has 1 amide bonds. The number of carbonyl (C=O) groups is 1. The summed E-state index contributed by atoms with van der Waals surface area (Å²) in [5, 5.41) is 2.85. The molecular weight excluding hydrogens is 288 g/mol. The van der Waals surface area contributed by atoms with Crippen molar-refractivity contribution in [2.75, 3.05) is 32.1 Å². The summed E-state index contributed by atoms with van der Waals surface area (Å²) in [5.41, 5.74) is 5.38. The molecule has 0 saturated heterocycles. The predicted octanol–water partition coefficient (Wildman–Crippen LogP) is 1.80. The van der Waals surface area contributed by atoms with E-state index in [1.165, 1.54) is 0 Å². The third-order valence-electron chi connectivity index (χ3n) is 3.02. The van der Waals surface area contributed by atoms with Gasteiger partial charge in [-0.3, -0.25) is 4.79 Å². The second-order valence-electron chi connectivity index (χ2n) is 4.75. The minimum atomic E-state index is 0.0743. The van der Waals surface area contributed by atoms with Crippen molar-refractivity contribution < 1.29 is 14.3 Å². The summed E-state index contributed by atoms with van der Waals surface area (Å²) >= 11 is 1.65. The van der Waals surface area contributed by atoms with Crippen molar-refractivity contribution >= 4 is 17.7 Å². The van der Waals surface area contributed by atoms with Crippen LogP contribution in [0.5, 0.6) is 11.5 Å². The molecule has 1 aromatic rings. The topological polar surface area (TPSA) is 73.6 Å². The van der Waals surface area contributed by atoms with Gasteiger partial charge in [-0.25, -0.2) is 0 Å². The smallest absolute Gasteiger partial charge is 0.220 e. The van der Waals surface area contributed by atoms with E-state index in [2.05, 4.69) is 5.32 Å². The number of hydrogen-bond acceptors (Lipinski definition) is 5. The van der Waals surface area contributed by atoms with Crippen molar-refractivity contribution in [2.45, 2.75) is 24.2 Å². The molecule has 0 bridgehead atoms. The standard InChI is InChI=1S/C15H22N2O3S/c16-6-1-7-17-15(18)5-10-21-12-3-4-13-14(11-12)20-9-2-8-19-13/h3-4,11H,1-2,5-10,16H2,(H,17,18). The van der Waals surface area contributed by atoms with Gasteiger partial charge in [0, 0.05) is 30.0 Å². The van der Waals surface area contributed by atoms with E-state index < -0.39 is 0 Å². The van der Waals surface area contributed by atoms with Gasteiger partial charge in [-0.2, -0.15) is 0 Å². The molecule has 116 valence electrons. The van der Waals surface area contributed by atoms with E-state index in [-0.39, 0.29) is 5.91 Å². The molecule has 1 aromatic carbocycles. The van der Waals surface area contributed by atoms with Crippen LogP contribution in [-0.2, 0) is 4.79 Å². The van der Waals surface area contributed by atoms with Gasteiger partial charge in [0.2, 0.25) is 5.91 Å². The number of ether oxygens (including phenoxy) is 2. The summed E-state index contributed by atoms with van der Waals surface area (Å²) in [5.74, 6) is 2.42. The van der Waals surface area contributed by atoms with Crippen molar-refractivity contribution in [1.82, 2.24) is 5.32 Å². The van der Waals surface area contributed by atoms with E-state index in [1.54, 1.807) is 11.8 Å². The number of benzene rings is 1. The molecule has 5 nitrogen and oxygen atoms in total. The Hall–Kier alpha value is -1.40. The lowest BCUT2D eigenvalue weighted by molar-refractivity contribution is -0.120. The Kier molecular flexibility index (Phi) is 6.69. The van der Waals surface area contributed by atoms with E-state index in [0.717, 1.165) is 35.0 Å². The third kappa shape index (κ3) is 5.47. The van der Waals surface area contributed by atoms with Crippen molar-refractivity contribution in [3.05, 3.63) is 18.2 Å². The lowest BCUT2D eigenvalue weighted by Crippen LogP contribution is -2.26. The zero-order chi connectivity index (χ0) is 14.9. The monoisotopic (exact) mass is 310 g/mol. The molecular formula is C15H22N2O3S. The molecule has 1 aliphatic heterocycles. The molecule has 0 aromatic heterocycles. The first kappa shape index (κ1) is 16.0. The second kappa shape index (κ2) is 8.79. The number of carbonyl (C=O) groups excluding carboxylic acids is 1. The van der Waals surface area contributed by atoms with Gasteiger partial charge in [-0.05, 0) is 31.2 Å². The molecule has 0 aliphatic carbocycles. The van der Waals surface area contributed by atoms with Crippen LogP contribution in [0.1, 0.15) is 19.3 Å². The largest absolute Gasteiger partial charge is 0.490 e. The molecule has 3 N–H and O–H groups in total. The maximum Gasteiger partial charge on any atom is 0.220 e. The zero-order valence-corrected chi connectivity index (χ0v) is 12.9. The molecule has 1 aliphatic rings. The van der Waals surface area contributed by atoms with E-state index >= 15 is 0 Å². The first-order valence-corrected chi connectivity index (χ1v) is 8.27. The van der Waals surface area contributed by atoms with Crippen molar-refractivity contribution in [3.8, 4) is 11.5 Å². The third-order valence-corrected chi connectivity index (χ3v) is 4.02. The van der Waals surface area contributed by atoms with Crippen molar-refractivity contribution in [3.63, 3.8) is 0 Å². The molecule has 0 saturated carbocycles. The predicted molar refractivity (Wildman–Crippen MR) is 84.1 cm³/mol. The lowest BCUT2D eigenvalue weighted by Gasteiger charge is -2.09. The molecule has 21 heavy (non-hydrogen) atoms. The molecule has 0 unspecified atom stereocenters. The van der Waals surface area contributed by atoms with Crippen LogP contribution in [0.15, 0.2) is 23.1 Å². The molecule has 1 heterocycles. The highest BCUT2D eigenvalue weighted by Crippen LogP contribution is 2.33. The van der Waals surface area contributed by atoms with Crippen LogP contribution in [-0.4, -0.2) is 38.0 Å². The molecule has 2 rings (SSSR count). The highest BCUT2D eigenvalue weighted by molar-refractivity contribution is 7.99. The number of hydrogen-bond donors (Lipinski definition) is 2. The molecule has 0 spiro atoms. The van der Waals surface area contributed by atoms with E-state index in [9.17, 15) is 4.79 Å². The van der Waals surface area contributed by atoms with E-state index in [1.807, 2.05) is 18.2 Å². The van der Waals surface area contributed by atoms with Gasteiger partial charge in [0.25, 0.3) is 0 Å². The van der Waals surface area contributed by atoms with Crippen LogP contribution >= 0.6 is 11.8 Å². The summed E-state index contributed by atoms with van der Waals surface area (Å²) in [7, 11) is 0. The number of amides is 1. The number of fused-ring (bicyclic) bond motifs is 1. The molecule has 6 heteroatoms. The van der Waals surface area contributed by atoms with Crippen molar-refractivity contribution in [1.29, 1.82) is 0 Å². The normalized spacial score (nSPS) is 13.6. The molecule has 0 atom stereocenters. The Labute approximate surface area is 129 Å². The highest BCUT2D eigenvalue weighted by Gasteiger charge is 2.11. The summed E-state index contributed by atoms with van der Waals surface area (Å²) < 4.78 is 11.2. The first-order chi connectivity index (χ1) is 10.3. The Morgan fingerprint density at radius 3 is 2.90 bits per heavy atom. The molecule has 0 radical (unpaired) electrons. The van der Waals surface area contributed by atoms with Gasteiger partial charge in [-0.15, -0.1) is 11.8 Å². The number of nitrogens with one attached hydrogen (secondary N) is 1. The minimum absolute atomic E-state index is 0.0743. The summed E-state index contributed by atoms with van der Waals surface area (Å²) in [6, 6.07) is 5.92. The fraction of sp³-hybridized carbons (Fsp3) is 0.533. The van der Waals surface area contributed by atoms with Crippen molar-refractivity contribution in [2.24, 2.45) is 5.73 Å². The van der Waals surface area contributed by atoms with Gasteiger partial charge in [0.05, 0.1) is 13.2 Å². The number of thioether (sulfide) groups is 1. The summed E-state index contributed by atoms with van der Waals surface area (Å²) in [4.78, 5) is 12.7. The van der Waals surface area contributed by atoms with Crippen LogP contribution < -0.4 is 20.5 Å². The fourth-order valence-electron chi connectivity index (χ4n) is 1.91. The fourth-order valence-corrected chi connectivity index (χ4v) is 2.79. The van der Waals surface area contributed by atoms with Crippen LogP contribution in [0.25, 0.3) is 0 Å².